The second-order valence-electron chi connectivity index (χ2n) is 8.33. The quantitative estimate of drug-likeness (QED) is 0.381. The summed E-state index contributed by atoms with van der Waals surface area (Å²) in [5.41, 5.74) is 2.87. The third-order valence-corrected chi connectivity index (χ3v) is 5.96. The molecule has 0 aliphatic carbocycles. The fourth-order valence-corrected chi connectivity index (χ4v) is 4.49. The van der Waals surface area contributed by atoms with Crippen molar-refractivity contribution in [2.45, 2.75) is 26.3 Å². The lowest BCUT2D eigenvalue weighted by Crippen LogP contribution is -2.32. The summed E-state index contributed by atoms with van der Waals surface area (Å²) >= 11 is 6.33. The lowest BCUT2D eigenvalue weighted by molar-refractivity contribution is -0.139. The number of carbonyl (C=O) groups is 2. The number of ether oxygens (including phenoxy) is 1. The van der Waals surface area contributed by atoms with Crippen molar-refractivity contribution in [3.8, 4) is 5.75 Å². The molecule has 0 spiro atoms. The van der Waals surface area contributed by atoms with Gasteiger partial charge in [0.2, 0.25) is 0 Å². The topological polar surface area (TPSA) is 70.1 Å². The zero-order valence-corrected chi connectivity index (χ0v) is 19.9. The lowest BCUT2D eigenvalue weighted by Gasteiger charge is -2.27. The minimum Gasteiger partial charge on any atom is -0.507 e. The molecule has 0 aromatic heterocycles. The van der Waals surface area contributed by atoms with E-state index in [1.165, 1.54) is 7.11 Å². The molecule has 1 heterocycles. The van der Waals surface area contributed by atoms with E-state index in [0.29, 0.717) is 23.6 Å². The van der Waals surface area contributed by atoms with Gasteiger partial charge >= 0.3 is 0 Å². The van der Waals surface area contributed by atoms with E-state index in [4.69, 9.17) is 16.3 Å². The zero-order valence-electron chi connectivity index (χ0n) is 19.1. The second kappa shape index (κ2) is 9.76. The Morgan fingerprint density at radius 1 is 1.19 bits per heavy atom. The van der Waals surface area contributed by atoms with Crippen LogP contribution in [0.5, 0.6) is 5.75 Å². The molecule has 1 unspecified atom stereocenters. The third kappa shape index (κ3) is 4.52. The van der Waals surface area contributed by atoms with Crippen LogP contribution < -0.4 is 4.74 Å². The van der Waals surface area contributed by atoms with Crippen LogP contribution in [0.25, 0.3) is 5.76 Å². The summed E-state index contributed by atoms with van der Waals surface area (Å²) in [6.45, 7) is 4.93. The number of amides is 1. The number of carbonyl (C=O) groups excluding carboxylic acids is 2. The van der Waals surface area contributed by atoms with Gasteiger partial charge in [-0.1, -0.05) is 35.9 Å². The van der Waals surface area contributed by atoms with Crippen molar-refractivity contribution < 1.29 is 19.4 Å². The van der Waals surface area contributed by atoms with Crippen LogP contribution in [-0.2, 0) is 9.59 Å². The number of aryl methyl sites for hydroxylation is 2. The standard InChI is InChI=1S/C25H29ClN2O4/c1-15-13-18(24(32-5)19(26)14-15)22(29)20-21(17-10-7-6-9-16(17)2)28(25(31)23(20)30)12-8-11-27(3)4/h6-7,9-10,13-14,21,29H,8,11-12H2,1-5H3/b22-20+. The molecule has 1 fully saturated rings. The van der Waals surface area contributed by atoms with Gasteiger partial charge in [0.05, 0.1) is 29.3 Å². The summed E-state index contributed by atoms with van der Waals surface area (Å²) in [4.78, 5) is 29.9. The number of nitrogens with zero attached hydrogens (tertiary/aromatic N) is 2. The Balaban J connectivity index is 2.21. The van der Waals surface area contributed by atoms with E-state index in [9.17, 15) is 14.7 Å². The predicted molar refractivity (Wildman–Crippen MR) is 126 cm³/mol. The molecule has 1 amide bonds. The number of methoxy groups -OCH3 is 1. The Bertz CT molecular complexity index is 1080. The Hall–Kier alpha value is -2.83. The number of hydrogen-bond acceptors (Lipinski definition) is 5. The smallest absolute Gasteiger partial charge is 0.295 e. The van der Waals surface area contributed by atoms with Gasteiger partial charge in [-0.15, -0.1) is 0 Å². The van der Waals surface area contributed by atoms with E-state index in [1.807, 2.05) is 57.1 Å². The maximum absolute atomic E-state index is 13.2. The maximum atomic E-state index is 13.2. The molecule has 1 N–H and O–H groups in total. The number of halogens is 1. The van der Waals surface area contributed by atoms with Gasteiger partial charge in [0.15, 0.2) is 0 Å². The molecular weight excluding hydrogens is 428 g/mol. The molecule has 6 nitrogen and oxygen atoms in total. The molecule has 1 saturated heterocycles. The van der Waals surface area contributed by atoms with E-state index in [2.05, 4.69) is 0 Å². The molecule has 3 rings (SSSR count). The third-order valence-electron chi connectivity index (χ3n) is 5.67. The number of ketones is 1. The highest BCUT2D eigenvalue weighted by Gasteiger charge is 2.46. The van der Waals surface area contributed by atoms with Gasteiger partial charge in [-0.25, -0.2) is 0 Å². The summed E-state index contributed by atoms with van der Waals surface area (Å²) in [6.07, 6.45) is 0.696. The SMILES string of the molecule is COc1c(Cl)cc(C)cc1/C(O)=C1\C(=O)C(=O)N(CCCN(C)C)C1c1ccccc1C. The van der Waals surface area contributed by atoms with E-state index >= 15 is 0 Å². The van der Waals surface area contributed by atoms with Gasteiger partial charge in [-0.05, 0) is 69.7 Å². The normalized spacial score (nSPS) is 18.0. The number of likely N-dealkylation sites (tertiary alicyclic amines) is 1. The lowest BCUT2D eigenvalue weighted by atomic mass is 9.92. The number of Topliss-reactive ketones (excluding diaryl/α,β-unsaturated/α-hetero) is 1. The van der Waals surface area contributed by atoms with E-state index in [-0.39, 0.29) is 17.1 Å². The van der Waals surface area contributed by atoms with Crippen molar-refractivity contribution in [3.05, 3.63) is 69.2 Å². The highest BCUT2D eigenvalue weighted by molar-refractivity contribution is 6.46. The highest BCUT2D eigenvalue weighted by atomic mass is 35.5. The summed E-state index contributed by atoms with van der Waals surface area (Å²) in [6, 6.07) is 10.3. The zero-order chi connectivity index (χ0) is 23.6. The monoisotopic (exact) mass is 456 g/mol. The number of aliphatic hydroxyl groups excluding tert-OH is 1. The van der Waals surface area contributed by atoms with Crippen LogP contribution in [0, 0.1) is 13.8 Å². The van der Waals surface area contributed by atoms with Crippen molar-refractivity contribution in [1.82, 2.24) is 9.80 Å². The van der Waals surface area contributed by atoms with Crippen LogP contribution in [0.4, 0.5) is 0 Å². The van der Waals surface area contributed by atoms with Crippen LogP contribution in [0.15, 0.2) is 42.0 Å². The van der Waals surface area contributed by atoms with Gasteiger partial charge in [-0.3, -0.25) is 9.59 Å². The number of benzene rings is 2. The average molecular weight is 457 g/mol. The molecule has 170 valence electrons. The van der Waals surface area contributed by atoms with Crippen molar-refractivity contribution in [2.24, 2.45) is 0 Å². The first-order valence-electron chi connectivity index (χ1n) is 10.5. The fourth-order valence-electron chi connectivity index (χ4n) is 4.14. The molecule has 32 heavy (non-hydrogen) atoms. The van der Waals surface area contributed by atoms with Crippen molar-refractivity contribution in [2.75, 3.05) is 34.3 Å². The average Bonchev–Trinajstić information content (AvgIpc) is 2.97. The van der Waals surface area contributed by atoms with Crippen molar-refractivity contribution >= 4 is 29.1 Å². The highest BCUT2D eigenvalue weighted by Crippen LogP contribution is 2.43. The van der Waals surface area contributed by atoms with Gasteiger partial charge in [-0.2, -0.15) is 0 Å². The fraction of sp³-hybridized carbons (Fsp3) is 0.360. The Morgan fingerprint density at radius 3 is 2.50 bits per heavy atom. The van der Waals surface area contributed by atoms with Crippen molar-refractivity contribution in [1.29, 1.82) is 0 Å². The molecule has 1 atom stereocenters. The number of hydrogen-bond donors (Lipinski definition) is 1. The molecule has 0 saturated carbocycles. The van der Waals surface area contributed by atoms with Gasteiger partial charge < -0.3 is 19.6 Å². The second-order valence-corrected chi connectivity index (χ2v) is 8.74. The molecule has 2 aromatic rings. The summed E-state index contributed by atoms with van der Waals surface area (Å²) in [5.74, 6) is -1.34. The molecular formula is C25H29ClN2O4. The largest absolute Gasteiger partial charge is 0.507 e. The Labute approximate surface area is 194 Å². The van der Waals surface area contributed by atoms with Crippen LogP contribution in [0.2, 0.25) is 5.02 Å². The van der Waals surface area contributed by atoms with Crippen LogP contribution in [0.3, 0.4) is 0 Å². The summed E-state index contributed by atoms with van der Waals surface area (Å²) < 4.78 is 5.42. The molecule has 0 bridgehead atoms. The van der Waals surface area contributed by atoms with E-state index in [1.54, 1.807) is 17.0 Å². The van der Waals surface area contributed by atoms with Gasteiger partial charge in [0.1, 0.15) is 11.5 Å². The first-order valence-corrected chi connectivity index (χ1v) is 10.9. The first kappa shape index (κ1) is 23.8. The van der Waals surface area contributed by atoms with Crippen LogP contribution in [-0.4, -0.2) is 60.9 Å². The van der Waals surface area contributed by atoms with Gasteiger partial charge in [0, 0.05) is 6.54 Å². The van der Waals surface area contributed by atoms with Crippen LogP contribution >= 0.6 is 11.6 Å². The minimum atomic E-state index is -0.708. The Kier molecular flexibility index (Phi) is 7.26. The summed E-state index contributed by atoms with van der Waals surface area (Å²) in [5, 5.41) is 11.7. The molecule has 0 radical (unpaired) electrons. The maximum Gasteiger partial charge on any atom is 0.295 e. The minimum absolute atomic E-state index is 0.0501. The first-order chi connectivity index (χ1) is 15.2. The molecule has 1 aliphatic rings. The molecule has 7 heteroatoms. The van der Waals surface area contributed by atoms with E-state index < -0.39 is 17.7 Å². The van der Waals surface area contributed by atoms with Gasteiger partial charge in [0.25, 0.3) is 11.7 Å². The molecule has 2 aromatic carbocycles. The Morgan fingerprint density at radius 2 is 1.88 bits per heavy atom. The van der Waals surface area contributed by atoms with E-state index in [0.717, 1.165) is 23.2 Å². The molecule has 1 aliphatic heterocycles. The predicted octanol–water partition coefficient (Wildman–Crippen LogP) is 4.34. The van der Waals surface area contributed by atoms with Crippen molar-refractivity contribution in [3.63, 3.8) is 0 Å². The number of rotatable bonds is 7. The summed E-state index contributed by atoms with van der Waals surface area (Å²) in [7, 11) is 5.37. The van der Waals surface area contributed by atoms with Crippen LogP contribution in [0.1, 0.15) is 34.7 Å². The number of aliphatic hydroxyl groups is 1.